The van der Waals surface area contributed by atoms with E-state index in [0.717, 1.165) is 19.3 Å². The lowest BCUT2D eigenvalue weighted by Gasteiger charge is -2.16. The molecule has 0 saturated heterocycles. The highest BCUT2D eigenvalue weighted by molar-refractivity contribution is 6.00. The average molecular weight is 294 g/mol. The number of hydrogen-bond acceptors (Lipinski definition) is 5. The van der Waals surface area contributed by atoms with Gasteiger partial charge in [0.1, 0.15) is 0 Å². The average Bonchev–Trinajstić information content (AvgIpc) is 2.94. The monoisotopic (exact) mass is 294 g/mol. The van der Waals surface area contributed by atoms with Crippen molar-refractivity contribution in [2.75, 3.05) is 27.1 Å². The molecule has 1 aromatic rings. The molecule has 0 bridgehead atoms. The molecule has 1 amide bonds. The van der Waals surface area contributed by atoms with Crippen molar-refractivity contribution in [1.82, 2.24) is 5.32 Å². The summed E-state index contributed by atoms with van der Waals surface area (Å²) in [6.07, 6.45) is 2.92. The molecule has 2 rings (SSSR count). The molecule has 0 radical (unpaired) electrons. The molecule has 1 aliphatic rings. The third-order valence-corrected chi connectivity index (χ3v) is 3.85. The molecule has 1 fully saturated rings. The molecule has 0 heterocycles. The predicted octanol–water partition coefficient (Wildman–Crippen LogP) is 1.58. The van der Waals surface area contributed by atoms with Crippen LogP contribution in [0.1, 0.15) is 29.6 Å². The van der Waals surface area contributed by atoms with Gasteiger partial charge in [0.2, 0.25) is 0 Å². The molecule has 1 saturated carbocycles. The predicted molar refractivity (Wildman–Crippen MR) is 79.9 cm³/mol. The second-order valence-electron chi connectivity index (χ2n) is 5.14. The zero-order chi connectivity index (χ0) is 15.4. The van der Waals surface area contributed by atoms with Crippen molar-refractivity contribution < 1.29 is 19.0 Å². The number of nitrogens with two attached hydrogens (primary N) is 1. The minimum absolute atomic E-state index is 0.120. The molecule has 0 aromatic heterocycles. The van der Waals surface area contributed by atoms with Crippen molar-refractivity contribution in [1.29, 1.82) is 0 Å². The van der Waals surface area contributed by atoms with E-state index in [9.17, 15) is 4.79 Å². The van der Waals surface area contributed by atoms with Gasteiger partial charge in [0.25, 0.3) is 5.91 Å². The Balaban J connectivity index is 2.12. The molecule has 1 aromatic carbocycles. The largest absolute Gasteiger partial charge is 0.493 e. The molecular formula is C15H22N2O4. The van der Waals surface area contributed by atoms with Crippen LogP contribution in [0.2, 0.25) is 0 Å². The number of nitrogens with one attached hydrogen (secondary N) is 1. The van der Waals surface area contributed by atoms with Crippen LogP contribution in [0.15, 0.2) is 12.1 Å². The van der Waals surface area contributed by atoms with Crippen molar-refractivity contribution in [3.8, 4) is 11.5 Å². The first-order valence-electron chi connectivity index (χ1n) is 6.94. The first-order valence-corrected chi connectivity index (χ1v) is 6.94. The Labute approximate surface area is 124 Å². The van der Waals surface area contributed by atoms with Crippen LogP contribution in [0, 0.1) is 0 Å². The van der Waals surface area contributed by atoms with Gasteiger partial charge in [-0.3, -0.25) is 4.79 Å². The highest BCUT2D eigenvalue weighted by Crippen LogP contribution is 2.32. The SMILES string of the molecule is COc1cc(N)c(C(=O)NC2CCC(OC)C2)cc1OC. The molecule has 3 N–H and O–H groups in total. The minimum atomic E-state index is -0.199. The van der Waals surface area contributed by atoms with Gasteiger partial charge in [0.05, 0.1) is 25.9 Å². The Morgan fingerprint density at radius 3 is 2.43 bits per heavy atom. The van der Waals surface area contributed by atoms with Crippen LogP contribution in [0.25, 0.3) is 0 Å². The Kier molecular flexibility index (Phi) is 4.90. The van der Waals surface area contributed by atoms with E-state index in [1.54, 1.807) is 19.2 Å². The smallest absolute Gasteiger partial charge is 0.253 e. The fraction of sp³-hybridized carbons (Fsp3) is 0.533. The van der Waals surface area contributed by atoms with Crippen molar-refractivity contribution in [3.05, 3.63) is 17.7 Å². The summed E-state index contributed by atoms with van der Waals surface area (Å²) < 4.78 is 15.7. The summed E-state index contributed by atoms with van der Waals surface area (Å²) in [4.78, 5) is 12.4. The Hall–Kier alpha value is -1.95. The minimum Gasteiger partial charge on any atom is -0.493 e. The quantitative estimate of drug-likeness (QED) is 0.806. The van der Waals surface area contributed by atoms with Crippen LogP contribution in [-0.4, -0.2) is 39.4 Å². The summed E-state index contributed by atoms with van der Waals surface area (Å²) >= 11 is 0. The highest BCUT2D eigenvalue weighted by Gasteiger charge is 2.26. The number of carbonyl (C=O) groups excluding carboxylic acids is 1. The second kappa shape index (κ2) is 6.67. The zero-order valence-electron chi connectivity index (χ0n) is 12.6. The van der Waals surface area contributed by atoms with E-state index in [0.29, 0.717) is 22.7 Å². The molecule has 21 heavy (non-hydrogen) atoms. The second-order valence-corrected chi connectivity index (χ2v) is 5.14. The van der Waals surface area contributed by atoms with Crippen LogP contribution < -0.4 is 20.5 Å². The maximum Gasteiger partial charge on any atom is 0.253 e. The van der Waals surface area contributed by atoms with Gasteiger partial charge in [0, 0.05) is 24.9 Å². The van der Waals surface area contributed by atoms with E-state index < -0.39 is 0 Å². The van der Waals surface area contributed by atoms with Gasteiger partial charge in [-0.2, -0.15) is 0 Å². The standard InChI is InChI=1S/C15H22N2O4/c1-19-10-5-4-9(6-10)17-15(18)11-7-13(20-2)14(21-3)8-12(11)16/h7-10H,4-6,16H2,1-3H3,(H,17,18). The first kappa shape index (κ1) is 15.4. The molecule has 0 spiro atoms. The summed E-state index contributed by atoms with van der Waals surface area (Å²) in [5.41, 5.74) is 6.69. The summed E-state index contributed by atoms with van der Waals surface area (Å²) in [5, 5.41) is 2.99. The number of hydrogen-bond donors (Lipinski definition) is 2. The van der Waals surface area contributed by atoms with Gasteiger partial charge in [0.15, 0.2) is 11.5 Å². The van der Waals surface area contributed by atoms with Crippen molar-refractivity contribution in [2.45, 2.75) is 31.4 Å². The van der Waals surface area contributed by atoms with Crippen LogP contribution in [-0.2, 0) is 4.74 Å². The number of benzene rings is 1. The third-order valence-electron chi connectivity index (χ3n) is 3.85. The van der Waals surface area contributed by atoms with Gasteiger partial charge in [-0.25, -0.2) is 0 Å². The maximum absolute atomic E-state index is 12.4. The van der Waals surface area contributed by atoms with E-state index in [1.807, 2.05) is 0 Å². The van der Waals surface area contributed by atoms with Crippen LogP contribution in [0.4, 0.5) is 5.69 Å². The number of amides is 1. The number of methoxy groups -OCH3 is 3. The number of rotatable bonds is 5. The molecule has 2 atom stereocenters. The number of ether oxygens (including phenoxy) is 3. The topological polar surface area (TPSA) is 82.8 Å². The zero-order valence-corrected chi connectivity index (χ0v) is 12.6. The highest BCUT2D eigenvalue weighted by atomic mass is 16.5. The fourth-order valence-corrected chi connectivity index (χ4v) is 2.64. The van der Waals surface area contributed by atoms with E-state index in [-0.39, 0.29) is 18.1 Å². The van der Waals surface area contributed by atoms with Crippen LogP contribution in [0.3, 0.4) is 0 Å². The normalized spacial score (nSPS) is 21.1. The molecule has 6 nitrogen and oxygen atoms in total. The van der Waals surface area contributed by atoms with Gasteiger partial charge in [-0.05, 0) is 25.3 Å². The molecule has 1 aliphatic carbocycles. The summed E-state index contributed by atoms with van der Waals surface area (Å²) in [6, 6.07) is 3.32. The summed E-state index contributed by atoms with van der Waals surface area (Å²) in [7, 11) is 4.75. The fourth-order valence-electron chi connectivity index (χ4n) is 2.64. The van der Waals surface area contributed by atoms with E-state index in [2.05, 4.69) is 5.32 Å². The lowest BCUT2D eigenvalue weighted by Crippen LogP contribution is -2.33. The van der Waals surface area contributed by atoms with E-state index >= 15 is 0 Å². The molecule has 2 unspecified atom stereocenters. The van der Waals surface area contributed by atoms with Gasteiger partial charge >= 0.3 is 0 Å². The molecule has 116 valence electrons. The number of carbonyl (C=O) groups is 1. The van der Waals surface area contributed by atoms with E-state index in [1.165, 1.54) is 14.2 Å². The van der Waals surface area contributed by atoms with Gasteiger partial charge in [-0.15, -0.1) is 0 Å². The number of anilines is 1. The molecule has 6 heteroatoms. The maximum atomic E-state index is 12.4. The van der Waals surface area contributed by atoms with Crippen molar-refractivity contribution in [2.24, 2.45) is 0 Å². The van der Waals surface area contributed by atoms with E-state index in [4.69, 9.17) is 19.9 Å². The molecule has 0 aliphatic heterocycles. The number of nitrogen functional groups attached to an aromatic ring is 1. The van der Waals surface area contributed by atoms with Crippen molar-refractivity contribution >= 4 is 11.6 Å². The van der Waals surface area contributed by atoms with Gasteiger partial charge < -0.3 is 25.3 Å². The Bertz CT molecular complexity index is 519. The van der Waals surface area contributed by atoms with Crippen LogP contribution >= 0.6 is 0 Å². The third kappa shape index (κ3) is 3.39. The van der Waals surface area contributed by atoms with Gasteiger partial charge in [-0.1, -0.05) is 0 Å². The molecular weight excluding hydrogens is 272 g/mol. The Morgan fingerprint density at radius 2 is 1.86 bits per heavy atom. The lowest BCUT2D eigenvalue weighted by molar-refractivity contribution is 0.0915. The summed E-state index contributed by atoms with van der Waals surface area (Å²) in [5.74, 6) is 0.792. The van der Waals surface area contributed by atoms with Crippen LogP contribution in [0.5, 0.6) is 11.5 Å². The first-order chi connectivity index (χ1) is 10.1. The van der Waals surface area contributed by atoms with Crippen molar-refractivity contribution in [3.63, 3.8) is 0 Å². The Morgan fingerprint density at radius 1 is 1.19 bits per heavy atom. The lowest BCUT2D eigenvalue weighted by atomic mass is 10.1. The summed E-state index contributed by atoms with van der Waals surface area (Å²) in [6.45, 7) is 0.